The minimum absolute atomic E-state index is 0.0500. The van der Waals surface area contributed by atoms with Crippen LogP contribution in [-0.2, 0) is 20.7 Å². The number of methoxy groups -OCH3 is 1. The van der Waals surface area contributed by atoms with E-state index >= 15 is 0 Å². The lowest BCUT2D eigenvalue weighted by atomic mass is 10.0. The third-order valence-electron chi connectivity index (χ3n) is 5.85. The van der Waals surface area contributed by atoms with E-state index in [1.54, 1.807) is 11.3 Å². The number of hydrogen-bond donors (Lipinski definition) is 4. The van der Waals surface area contributed by atoms with E-state index in [1.165, 1.54) is 13.3 Å². The predicted octanol–water partition coefficient (Wildman–Crippen LogP) is 2.29. The van der Waals surface area contributed by atoms with E-state index in [0.29, 0.717) is 19.7 Å². The number of allylic oxidation sites excluding steroid dienone is 1. The number of ether oxygens (including phenoxy) is 2. The molecule has 182 valence electrons. The molecular weight excluding hydrogens is 442 g/mol. The molecule has 0 radical (unpaired) electrons. The summed E-state index contributed by atoms with van der Waals surface area (Å²) in [7, 11) is 3.16. The maximum atomic E-state index is 13.3. The minimum atomic E-state index is -0.442. The molecule has 33 heavy (non-hydrogen) atoms. The van der Waals surface area contributed by atoms with Crippen LogP contribution in [0.5, 0.6) is 0 Å². The van der Waals surface area contributed by atoms with Crippen LogP contribution in [0.25, 0.3) is 5.57 Å². The van der Waals surface area contributed by atoms with Crippen molar-refractivity contribution in [2.45, 2.75) is 50.8 Å². The molecule has 1 aromatic rings. The van der Waals surface area contributed by atoms with Crippen molar-refractivity contribution in [2.75, 3.05) is 40.4 Å². The second-order valence-electron chi connectivity index (χ2n) is 8.27. The van der Waals surface area contributed by atoms with Crippen LogP contribution in [-0.4, -0.2) is 75.7 Å². The second-order valence-corrected chi connectivity index (χ2v) is 9.36. The largest absolute Gasteiger partial charge is 0.453 e. The van der Waals surface area contributed by atoms with Gasteiger partial charge in [-0.25, -0.2) is 4.79 Å². The number of nitrogens with zero attached hydrogens (tertiary/aromatic N) is 1. The molecule has 3 rings (SSSR count). The first-order valence-electron chi connectivity index (χ1n) is 11.5. The minimum Gasteiger partial charge on any atom is -0.453 e. The highest BCUT2D eigenvalue weighted by atomic mass is 32.1. The highest BCUT2D eigenvalue weighted by molar-refractivity contribution is 7.13. The van der Waals surface area contributed by atoms with E-state index in [0.717, 1.165) is 53.1 Å². The van der Waals surface area contributed by atoms with E-state index < -0.39 is 12.2 Å². The first kappa shape index (κ1) is 25.2. The van der Waals surface area contributed by atoms with Crippen molar-refractivity contribution in [3.05, 3.63) is 27.6 Å². The molecule has 2 aliphatic rings. The van der Waals surface area contributed by atoms with Gasteiger partial charge in [-0.3, -0.25) is 4.79 Å². The number of morpholine rings is 1. The van der Waals surface area contributed by atoms with Crippen LogP contribution in [0.3, 0.4) is 0 Å². The molecule has 4 N–H and O–H groups in total. The zero-order valence-corrected chi connectivity index (χ0v) is 20.4. The Morgan fingerprint density at radius 1 is 1.45 bits per heavy atom. The van der Waals surface area contributed by atoms with Gasteiger partial charge in [0.1, 0.15) is 6.10 Å². The van der Waals surface area contributed by atoms with E-state index in [1.807, 2.05) is 18.1 Å². The fourth-order valence-electron chi connectivity index (χ4n) is 4.02. The molecular formula is C23H35N5O4S. The maximum Gasteiger partial charge on any atom is 0.406 e. The molecule has 0 unspecified atom stereocenters. The van der Waals surface area contributed by atoms with Gasteiger partial charge in [0.15, 0.2) is 0 Å². The zero-order valence-electron chi connectivity index (χ0n) is 19.6. The van der Waals surface area contributed by atoms with Gasteiger partial charge >= 0.3 is 6.09 Å². The molecule has 9 nitrogen and oxygen atoms in total. The van der Waals surface area contributed by atoms with E-state index in [4.69, 9.17) is 10.1 Å². The van der Waals surface area contributed by atoms with Gasteiger partial charge in [-0.05, 0) is 44.2 Å². The SMILES string of the molecule is CN/C=C(\C=N)c1sc([C@@H](C)N(C(=O)[C@H]2CNCCO2)C2CC2)cc1CCCNC(=O)OC. The summed E-state index contributed by atoms with van der Waals surface area (Å²) < 4.78 is 10.4. The monoisotopic (exact) mass is 477 g/mol. The van der Waals surface area contributed by atoms with Gasteiger partial charge in [0, 0.05) is 60.5 Å². The van der Waals surface area contributed by atoms with Crippen LogP contribution in [0, 0.1) is 5.41 Å². The molecule has 1 aliphatic carbocycles. The highest BCUT2D eigenvalue weighted by Crippen LogP contribution is 2.40. The van der Waals surface area contributed by atoms with E-state index in [9.17, 15) is 9.59 Å². The average molecular weight is 478 g/mol. The van der Waals surface area contributed by atoms with Crippen molar-refractivity contribution in [1.29, 1.82) is 5.41 Å². The number of amides is 2. The molecule has 10 heteroatoms. The molecule has 1 saturated heterocycles. The number of nitrogens with one attached hydrogen (secondary N) is 4. The fraction of sp³-hybridized carbons (Fsp3) is 0.609. The summed E-state index contributed by atoms with van der Waals surface area (Å²) in [5.41, 5.74) is 1.90. The van der Waals surface area contributed by atoms with Gasteiger partial charge in [0.25, 0.3) is 5.91 Å². The highest BCUT2D eigenvalue weighted by Gasteiger charge is 2.40. The Hall–Kier alpha value is -2.43. The van der Waals surface area contributed by atoms with Gasteiger partial charge in [-0.2, -0.15) is 0 Å². The second kappa shape index (κ2) is 12.2. The molecule has 1 saturated carbocycles. The standard InChI is InChI=1S/C23H35N5O4S/c1-15(28(18-6-7-18)22(29)19-14-26-9-10-32-19)20-11-16(5-4-8-27-23(30)31-3)21(33-20)17(12-24)13-25-2/h11-13,15,18-19,24-26H,4-10,14H2,1-3H3,(H,27,30)/b17-13+,24-12?/t15-,19-/m1/s1. The molecule has 2 amide bonds. The molecule has 0 aromatic carbocycles. The topological polar surface area (TPSA) is 116 Å². The first-order chi connectivity index (χ1) is 16.0. The molecule has 2 heterocycles. The lowest BCUT2D eigenvalue weighted by molar-refractivity contribution is -0.148. The van der Waals surface area contributed by atoms with Gasteiger partial charge in [0.2, 0.25) is 0 Å². The van der Waals surface area contributed by atoms with E-state index in [-0.39, 0.29) is 18.0 Å². The smallest absolute Gasteiger partial charge is 0.406 e. The van der Waals surface area contributed by atoms with Gasteiger partial charge in [-0.1, -0.05) is 0 Å². The summed E-state index contributed by atoms with van der Waals surface area (Å²) in [4.78, 5) is 28.8. The van der Waals surface area contributed by atoms with Crippen molar-refractivity contribution in [3.63, 3.8) is 0 Å². The van der Waals surface area contributed by atoms with Crippen molar-refractivity contribution in [1.82, 2.24) is 20.9 Å². The van der Waals surface area contributed by atoms with Crippen LogP contribution < -0.4 is 16.0 Å². The quantitative estimate of drug-likeness (QED) is 0.287. The van der Waals surface area contributed by atoms with Gasteiger partial charge < -0.3 is 35.7 Å². The molecule has 1 aromatic heterocycles. The lowest BCUT2D eigenvalue weighted by Crippen LogP contribution is -2.50. The molecule has 0 bridgehead atoms. The summed E-state index contributed by atoms with van der Waals surface area (Å²) in [6, 6.07) is 2.33. The zero-order chi connectivity index (χ0) is 23.8. The van der Waals surface area contributed by atoms with Crippen LogP contribution in [0.2, 0.25) is 0 Å². The van der Waals surface area contributed by atoms with E-state index in [2.05, 4.69) is 33.7 Å². The third-order valence-corrected chi connectivity index (χ3v) is 7.25. The van der Waals surface area contributed by atoms with Crippen LogP contribution >= 0.6 is 11.3 Å². The van der Waals surface area contributed by atoms with Crippen LogP contribution in [0.4, 0.5) is 4.79 Å². The Kier molecular flexibility index (Phi) is 9.28. The third kappa shape index (κ3) is 6.55. The summed E-state index contributed by atoms with van der Waals surface area (Å²) >= 11 is 1.62. The number of carbonyl (C=O) groups excluding carboxylic acids is 2. The van der Waals surface area contributed by atoms with Crippen molar-refractivity contribution in [3.8, 4) is 0 Å². The Morgan fingerprint density at radius 3 is 2.85 bits per heavy atom. The maximum absolute atomic E-state index is 13.3. The Morgan fingerprint density at radius 2 is 2.24 bits per heavy atom. The fourth-order valence-corrected chi connectivity index (χ4v) is 5.27. The number of thiophene rings is 1. The predicted molar refractivity (Wildman–Crippen MR) is 130 cm³/mol. The summed E-state index contributed by atoms with van der Waals surface area (Å²) in [5, 5.41) is 16.9. The molecule has 2 atom stereocenters. The molecule has 1 aliphatic heterocycles. The van der Waals surface area contributed by atoms with Crippen molar-refractivity contribution in [2.24, 2.45) is 0 Å². The Labute approximate surface area is 199 Å². The number of alkyl carbamates (subject to hydrolysis) is 1. The Bertz CT molecular complexity index is 861. The number of rotatable bonds is 11. The number of hydrogen-bond acceptors (Lipinski definition) is 8. The summed E-state index contributed by atoms with van der Waals surface area (Å²) in [6.07, 6.45) is 5.80. The first-order valence-corrected chi connectivity index (χ1v) is 12.3. The normalized spacial score (nSPS) is 19.5. The van der Waals surface area contributed by atoms with Crippen LogP contribution in [0.1, 0.15) is 47.5 Å². The van der Waals surface area contributed by atoms with Gasteiger partial charge in [0.05, 0.1) is 19.8 Å². The van der Waals surface area contributed by atoms with Crippen molar-refractivity contribution < 1.29 is 19.1 Å². The number of carbonyl (C=O) groups is 2. The van der Waals surface area contributed by atoms with Crippen molar-refractivity contribution >= 4 is 35.1 Å². The lowest BCUT2D eigenvalue weighted by Gasteiger charge is -2.33. The summed E-state index contributed by atoms with van der Waals surface area (Å²) in [5.74, 6) is 0.0500. The van der Waals surface area contributed by atoms with Gasteiger partial charge in [-0.15, -0.1) is 11.3 Å². The number of aryl methyl sites for hydroxylation is 1. The average Bonchev–Trinajstić information content (AvgIpc) is 3.58. The summed E-state index contributed by atoms with van der Waals surface area (Å²) in [6.45, 7) is 4.45. The molecule has 2 fully saturated rings. The Balaban J connectivity index is 1.81. The molecule has 0 spiro atoms. The van der Waals surface area contributed by atoms with Crippen LogP contribution in [0.15, 0.2) is 12.3 Å².